The summed E-state index contributed by atoms with van der Waals surface area (Å²) in [5, 5.41) is 2.76. The molecule has 2 aliphatic rings. The highest BCUT2D eigenvalue weighted by Gasteiger charge is 2.51. The predicted octanol–water partition coefficient (Wildman–Crippen LogP) is 5.35. The second-order valence-electron chi connectivity index (χ2n) is 10.3. The summed E-state index contributed by atoms with van der Waals surface area (Å²) in [6, 6.07) is 19.4. The lowest BCUT2D eigenvalue weighted by Crippen LogP contribution is -2.32. The van der Waals surface area contributed by atoms with Gasteiger partial charge in [0.25, 0.3) is 0 Å². The normalized spacial score (nSPS) is 15.3. The van der Waals surface area contributed by atoms with Crippen LogP contribution < -0.4 is 14.8 Å². The van der Waals surface area contributed by atoms with Crippen LogP contribution in [0.2, 0.25) is 0 Å². The van der Waals surface area contributed by atoms with Crippen molar-refractivity contribution in [3.63, 3.8) is 0 Å². The maximum Gasteiger partial charge on any atom is 0.407 e. The third-order valence-corrected chi connectivity index (χ3v) is 6.44. The van der Waals surface area contributed by atoms with Crippen LogP contribution in [0.4, 0.5) is 4.79 Å². The zero-order chi connectivity index (χ0) is 25.3. The summed E-state index contributed by atoms with van der Waals surface area (Å²) in [6.45, 7) is 6.09. The number of rotatable bonds is 7. The minimum atomic E-state index is -0.532. The van der Waals surface area contributed by atoms with E-state index in [4.69, 9.17) is 19.2 Å². The molecular formula is C29H30N2O5. The molecule has 0 saturated heterocycles. The van der Waals surface area contributed by atoms with Crippen LogP contribution in [0.3, 0.4) is 0 Å². The molecule has 1 aliphatic heterocycles. The number of carbonyl (C=O) groups excluding carboxylic acids is 2. The van der Waals surface area contributed by atoms with E-state index in [0.29, 0.717) is 12.3 Å². The van der Waals surface area contributed by atoms with E-state index in [1.807, 2.05) is 81.4 Å². The Kier molecular flexibility index (Phi) is 6.16. The van der Waals surface area contributed by atoms with Crippen molar-refractivity contribution in [3.8, 4) is 22.8 Å². The highest BCUT2D eigenvalue weighted by molar-refractivity contribution is 5.94. The number of fused-ring (bicyclic) bond motifs is 1. The number of ether oxygens (including phenoxy) is 3. The monoisotopic (exact) mass is 486 g/mol. The number of ketones is 1. The van der Waals surface area contributed by atoms with Gasteiger partial charge in [-0.2, -0.15) is 0 Å². The quantitative estimate of drug-likeness (QED) is 0.485. The number of benzene rings is 2. The molecule has 5 rings (SSSR count). The largest absolute Gasteiger partial charge is 0.454 e. The number of aromatic nitrogens is 1. The van der Waals surface area contributed by atoms with Crippen molar-refractivity contribution >= 4 is 11.9 Å². The van der Waals surface area contributed by atoms with Crippen molar-refractivity contribution in [1.29, 1.82) is 0 Å². The molecule has 7 nitrogen and oxygen atoms in total. The first-order valence-corrected chi connectivity index (χ1v) is 12.2. The van der Waals surface area contributed by atoms with Crippen LogP contribution in [0.15, 0.2) is 60.7 Å². The Morgan fingerprint density at radius 2 is 1.75 bits per heavy atom. The number of carbonyl (C=O) groups is 2. The average molecular weight is 487 g/mol. The van der Waals surface area contributed by atoms with E-state index in [2.05, 4.69) is 5.32 Å². The highest BCUT2D eigenvalue weighted by Crippen LogP contribution is 2.51. The number of amides is 1. The summed E-state index contributed by atoms with van der Waals surface area (Å²) < 4.78 is 16.2. The first-order chi connectivity index (χ1) is 17.2. The molecule has 0 unspecified atom stereocenters. The minimum absolute atomic E-state index is 0.176. The third kappa shape index (κ3) is 5.20. The Balaban J connectivity index is 1.23. The molecule has 2 aromatic carbocycles. The van der Waals surface area contributed by atoms with Gasteiger partial charge in [0.2, 0.25) is 6.79 Å². The van der Waals surface area contributed by atoms with Crippen LogP contribution >= 0.6 is 0 Å². The molecule has 1 N–H and O–H groups in total. The van der Waals surface area contributed by atoms with Gasteiger partial charge in [0, 0.05) is 24.2 Å². The van der Waals surface area contributed by atoms with Gasteiger partial charge in [0.05, 0.1) is 11.1 Å². The predicted molar refractivity (Wildman–Crippen MR) is 135 cm³/mol. The van der Waals surface area contributed by atoms with Gasteiger partial charge in [0.15, 0.2) is 11.5 Å². The van der Waals surface area contributed by atoms with Gasteiger partial charge in [-0.25, -0.2) is 4.79 Å². The topological polar surface area (TPSA) is 86.8 Å². The number of hydrogen-bond donors (Lipinski definition) is 1. The third-order valence-electron chi connectivity index (χ3n) is 6.44. The maximum absolute atomic E-state index is 13.3. The molecule has 186 valence electrons. The van der Waals surface area contributed by atoms with E-state index in [1.165, 1.54) is 0 Å². The number of Topliss-reactive ketones (excluding diaryl/α,β-unsaturated/α-hetero) is 1. The summed E-state index contributed by atoms with van der Waals surface area (Å²) in [4.78, 5) is 30.0. The first-order valence-electron chi connectivity index (χ1n) is 12.2. The van der Waals surface area contributed by atoms with Gasteiger partial charge in [-0.05, 0) is 69.0 Å². The number of hydrogen-bond acceptors (Lipinski definition) is 6. The summed E-state index contributed by atoms with van der Waals surface area (Å²) in [5.74, 6) is 1.61. The lowest BCUT2D eigenvalue weighted by atomic mass is 9.88. The van der Waals surface area contributed by atoms with Crippen molar-refractivity contribution in [2.45, 2.75) is 57.6 Å². The van der Waals surface area contributed by atoms with Crippen LogP contribution in [-0.2, 0) is 27.9 Å². The molecule has 3 aromatic rings. The zero-order valence-electron chi connectivity index (χ0n) is 20.8. The Hall–Kier alpha value is -3.87. The van der Waals surface area contributed by atoms with Crippen molar-refractivity contribution in [2.24, 2.45) is 0 Å². The van der Waals surface area contributed by atoms with Crippen molar-refractivity contribution < 1.29 is 23.8 Å². The SMILES string of the molecule is CC(C)(C)OC(=O)NCc1ccc(-c2cccc(CC(=O)C3(c4ccc5c(c4)OCO5)CC3)n2)cc1. The van der Waals surface area contributed by atoms with Crippen molar-refractivity contribution in [1.82, 2.24) is 10.3 Å². The van der Waals surface area contributed by atoms with Gasteiger partial charge in [-0.3, -0.25) is 9.78 Å². The van der Waals surface area contributed by atoms with E-state index >= 15 is 0 Å². The van der Waals surface area contributed by atoms with Crippen molar-refractivity contribution in [2.75, 3.05) is 6.79 Å². The van der Waals surface area contributed by atoms with Gasteiger partial charge < -0.3 is 19.5 Å². The van der Waals surface area contributed by atoms with Gasteiger partial charge in [-0.1, -0.05) is 36.4 Å². The average Bonchev–Trinajstić information content (AvgIpc) is 3.53. The standard InChI is InChI=1S/C29H30N2O5/c1-28(2,3)36-27(33)30-17-19-7-9-20(10-8-19)23-6-4-5-22(31-23)16-26(32)29(13-14-29)21-11-12-24-25(15-21)35-18-34-24/h4-12,15H,13-14,16-18H2,1-3H3,(H,30,33). The number of nitrogens with one attached hydrogen (secondary N) is 1. The minimum Gasteiger partial charge on any atom is -0.454 e. The van der Waals surface area contributed by atoms with Crippen LogP contribution in [0.1, 0.15) is 50.4 Å². The highest BCUT2D eigenvalue weighted by atomic mass is 16.7. The van der Waals surface area contributed by atoms with E-state index in [1.54, 1.807) is 0 Å². The Morgan fingerprint density at radius 3 is 2.47 bits per heavy atom. The number of nitrogens with zero attached hydrogens (tertiary/aromatic N) is 1. The molecule has 0 atom stereocenters. The van der Waals surface area contributed by atoms with Crippen LogP contribution in [0.25, 0.3) is 11.3 Å². The molecule has 1 fully saturated rings. The maximum atomic E-state index is 13.3. The fraction of sp³-hybridized carbons (Fsp3) is 0.345. The Morgan fingerprint density at radius 1 is 1.00 bits per heavy atom. The van der Waals surface area contributed by atoms with Crippen LogP contribution in [0.5, 0.6) is 11.5 Å². The van der Waals surface area contributed by atoms with Gasteiger partial charge >= 0.3 is 6.09 Å². The van der Waals surface area contributed by atoms with Crippen LogP contribution in [-0.4, -0.2) is 29.3 Å². The summed E-state index contributed by atoms with van der Waals surface area (Å²) in [7, 11) is 0. The number of alkyl carbamates (subject to hydrolysis) is 1. The van der Waals surface area contributed by atoms with E-state index in [9.17, 15) is 9.59 Å². The summed E-state index contributed by atoms with van der Waals surface area (Å²) >= 11 is 0. The molecule has 36 heavy (non-hydrogen) atoms. The van der Waals surface area contributed by atoms with E-state index in [-0.39, 0.29) is 19.0 Å². The molecule has 1 aromatic heterocycles. The number of pyridine rings is 1. The zero-order valence-corrected chi connectivity index (χ0v) is 20.8. The first kappa shape index (κ1) is 23.9. The molecule has 7 heteroatoms. The fourth-order valence-corrected chi connectivity index (χ4v) is 4.40. The molecule has 0 radical (unpaired) electrons. The Labute approximate surface area is 210 Å². The smallest absolute Gasteiger partial charge is 0.407 e. The Bertz CT molecular complexity index is 1290. The summed E-state index contributed by atoms with van der Waals surface area (Å²) in [5.41, 5.74) is 3.46. The van der Waals surface area contributed by atoms with E-state index < -0.39 is 17.1 Å². The molecule has 1 saturated carbocycles. The molecule has 1 aliphatic carbocycles. The second-order valence-corrected chi connectivity index (χ2v) is 10.3. The lowest BCUT2D eigenvalue weighted by Gasteiger charge is -2.19. The van der Waals surface area contributed by atoms with Gasteiger partial charge in [0.1, 0.15) is 11.4 Å². The molecule has 1 amide bonds. The van der Waals surface area contributed by atoms with Crippen LogP contribution in [0, 0.1) is 0 Å². The summed E-state index contributed by atoms with van der Waals surface area (Å²) in [6.07, 6.45) is 1.51. The molecule has 2 heterocycles. The second kappa shape index (κ2) is 9.30. The van der Waals surface area contributed by atoms with Crippen molar-refractivity contribution in [3.05, 3.63) is 77.5 Å². The molecular weight excluding hydrogens is 456 g/mol. The molecule has 0 bridgehead atoms. The lowest BCUT2D eigenvalue weighted by molar-refractivity contribution is -0.120. The van der Waals surface area contributed by atoms with E-state index in [0.717, 1.165) is 46.7 Å². The van der Waals surface area contributed by atoms with Gasteiger partial charge in [-0.15, -0.1) is 0 Å². The fourth-order valence-electron chi connectivity index (χ4n) is 4.40. The molecule has 0 spiro atoms.